The number of aromatic nitrogens is 1. The monoisotopic (exact) mass is 267 g/mol. The molecule has 0 aliphatic carbocycles. The third-order valence-electron chi connectivity index (χ3n) is 3.03. The first-order chi connectivity index (χ1) is 9.70. The second kappa shape index (κ2) is 6.61. The van der Waals surface area contributed by atoms with Crippen LogP contribution in [0.5, 0.6) is 0 Å². The molecule has 0 radical (unpaired) electrons. The van der Waals surface area contributed by atoms with Crippen LogP contribution in [0.25, 0.3) is 0 Å². The summed E-state index contributed by atoms with van der Waals surface area (Å²) in [7, 11) is 0. The number of nitrogens with zero attached hydrogens (tertiary/aromatic N) is 2. The van der Waals surface area contributed by atoms with Gasteiger partial charge in [-0.15, -0.1) is 0 Å². The topological polar surface area (TPSA) is 54.4 Å². The average molecular weight is 267 g/mol. The van der Waals surface area contributed by atoms with Crippen LogP contribution >= 0.6 is 0 Å². The van der Waals surface area contributed by atoms with E-state index < -0.39 is 0 Å². The van der Waals surface area contributed by atoms with E-state index in [2.05, 4.69) is 22.4 Å². The van der Waals surface area contributed by atoms with E-state index in [1.165, 1.54) is 5.56 Å². The van der Waals surface area contributed by atoms with Crippen molar-refractivity contribution in [2.75, 3.05) is 0 Å². The number of nitrogens with one attached hydrogen (secondary N) is 1. The Kier molecular flexibility index (Phi) is 4.60. The molecule has 4 nitrogen and oxygen atoms in total. The van der Waals surface area contributed by atoms with Crippen molar-refractivity contribution in [3.05, 3.63) is 65.5 Å². The summed E-state index contributed by atoms with van der Waals surface area (Å²) in [5.74, 6) is -0.212. The van der Waals surface area contributed by atoms with Crippen molar-refractivity contribution in [2.24, 2.45) is 5.10 Å². The first-order valence-corrected chi connectivity index (χ1v) is 6.54. The maximum Gasteiger partial charge on any atom is 0.271 e. The predicted molar refractivity (Wildman–Crippen MR) is 79.7 cm³/mol. The molecular weight excluding hydrogens is 250 g/mol. The second-order valence-corrected chi connectivity index (χ2v) is 4.43. The molecular formula is C16H17N3O. The lowest BCUT2D eigenvalue weighted by atomic mass is 10.1. The Labute approximate surface area is 118 Å². The van der Waals surface area contributed by atoms with E-state index in [-0.39, 0.29) is 5.91 Å². The highest BCUT2D eigenvalue weighted by Gasteiger charge is 2.04. The van der Waals surface area contributed by atoms with Gasteiger partial charge in [0, 0.05) is 23.5 Å². The summed E-state index contributed by atoms with van der Waals surface area (Å²) in [4.78, 5) is 16.0. The van der Waals surface area contributed by atoms with Crippen LogP contribution in [0.15, 0.2) is 53.9 Å². The number of benzene rings is 1. The normalized spacial score (nSPS) is 11.2. The number of hydrogen-bond donors (Lipinski definition) is 1. The van der Waals surface area contributed by atoms with Gasteiger partial charge in [0.25, 0.3) is 5.91 Å². The van der Waals surface area contributed by atoms with Crippen molar-refractivity contribution < 1.29 is 4.79 Å². The van der Waals surface area contributed by atoms with E-state index in [0.29, 0.717) is 5.56 Å². The summed E-state index contributed by atoms with van der Waals surface area (Å²) in [6.07, 6.45) is 4.37. The maximum absolute atomic E-state index is 11.9. The van der Waals surface area contributed by atoms with Crippen molar-refractivity contribution in [1.29, 1.82) is 0 Å². The molecule has 0 aliphatic rings. The van der Waals surface area contributed by atoms with Gasteiger partial charge in [0.1, 0.15) is 0 Å². The van der Waals surface area contributed by atoms with Gasteiger partial charge < -0.3 is 0 Å². The molecule has 1 aromatic carbocycles. The summed E-state index contributed by atoms with van der Waals surface area (Å²) < 4.78 is 0. The zero-order valence-electron chi connectivity index (χ0n) is 11.6. The van der Waals surface area contributed by atoms with Crippen molar-refractivity contribution >= 4 is 11.6 Å². The van der Waals surface area contributed by atoms with E-state index in [1.54, 1.807) is 12.4 Å². The molecule has 1 aromatic heterocycles. The molecule has 20 heavy (non-hydrogen) atoms. The lowest BCUT2D eigenvalue weighted by Gasteiger charge is -2.03. The summed E-state index contributed by atoms with van der Waals surface area (Å²) in [6, 6.07) is 11.2. The van der Waals surface area contributed by atoms with Gasteiger partial charge in [-0.2, -0.15) is 5.10 Å². The molecule has 1 heterocycles. The van der Waals surface area contributed by atoms with Gasteiger partial charge in [-0.25, -0.2) is 5.43 Å². The molecule has 0 saturated carbocycles. The molecule has 0 saturated heterocycles. The van der Waals surface area contributed by atoms with E-state index in [4.69, 9.17) is 0 Å². The van der Waals surface area contributed by atoms with Crippen LogP contribution < -0.4 is 5.43 Å². The quantitative estimate of drug-likeness (QED) is 0.684. The number of aryl methyl sites for hydroxylation is 1. The maximum atomic E-state index is 11.9. The van der Waals surface area contributed by atoms with Crippen molar-refractivity contribution in [1.82, 2.24) is 10.4 Å². The van der Waals surface area contributed by atoms with Crippen LogP contribution in [-0.4, -0.2) is 16.6 Å². The minimum atomic E-state index is -0.212. The molecule has 0 spiro atoms. The van der Waals surface area contributed by atoms with Gasteiger partial charge in [-0.05, 0) is 37.1 Å². The molecule has 0 unspecified atom stereocenters. The fourth-order valence-electron chi connectivity index (χ4n) is 1.73. The summed E-state index contributed by atoms with van der Waals surface area (Å²) >= 11 is 0. The molecule has 2 rings (SSSR count). The fourth-order valence-corrected chi connectivity index (χ4v) is 1.73. The molecule has 4 heteroatoms. The second-order valence-electron chi connectivity index (χ2n) is 4.43. The SMILES string of the molecule is CCc1ccc(C(=O)N/N=C(/C)c2cccnc2)cc1. The smallest absolute Gasteiger partial charge is 0.267 e. The zero-order chi connectivity index (χ0) is 14.4. The zero-order valence-corrected chi connectivity index (χ0v) is 11.6. The molecule has 0 bridgehead atoms. The van der Waals surface area contributed by atoms with Gasteiger partial charge in [0.15, 0.2) is 0 Å². The molecule has 0 fully saturated rings. The van der Waals surface area contributed by atoms with Crippen molar-refractivity contribution in [3.8, 4) is 0 Å². The lowest BCUT2D eigenvalue weighted by Crippen LogP contribution is -2.19. The van der Waals surface area contributed by atoms with Crippen LogP contribution in [0.1, 0.15) is 35.3 Å². The highest BCUT2D eigenvalue weighted by molar-refractivity contribution is 6.00. The van der Waals surface area contributed by atoms with Crippen LogP contribution in [0.2, 0.25) is 0 Å². The Bertz CT molecular complexity index is 603. The third kappa shape index (κ3) is 3.51. The molecule has 0 atom stereocenters. The molecule has 0 aliphatic heterocycles. The van der Waals surface area contributed by atoms with E-state index >= 15 is 0 Å². The Hall–Kier alpha value is -2.49. The number of amides is 1. The van der Waals surface area contributed by atoms with E-state index in [9.17, 15) is 4.79 Å². The first kappa shape index (κ1) is 13.9. The van der Waals surface area contributed by atoms with Crippen LogP contribution in [0, 0.1) is 0 Å². The van der Waals surface area contributed by atoms with Gasteiger partial charge >= 0.3 is 0 Å². The lowest BCUT2D eigenvalue weighted by molar-refractivity contribution is 0.0955. The van der Waals surface area contributed by atoms with Gasteiger partial charge in [-0.3, -0.25) is 9.78 Å². The largest absolute Gasteiger partial charge is 0.271 e. The molecule has 2 aromatic rings. The highest BCUT2D eigenvalue weighted by atomic mass is 16.2. The minimum Gasteiger partial charge on any atom is -0.267 e. The Balaban J connectivity index is 2.04. The summed E-state index contributed by atoms with van der Waals surface area (Å²) in [6.45, 7) is 3.91. The number of carbonyl (C=O) groups excluding carboxylic acids is 1. The van der Waals surface area contributed by atoms with Gasteiger partial charge in [0.2, 0.25) is 0 Å². The Morgan fingerprint density at radius 1 is 1.20 bits per heavy atom. The highest BCUT2D eigenvalue weighted by Crippen LogP contribution is 2.05. The van der Waals surface area contributed by atoms with E-state index in [1.807, 2.05) is 43.3 Å². The Morgan fingerprint density at radius 2 is 1.95 bits per heavy atom. The Morgan fingerprint density at radius 3 is 2.55 bits per heavy atom. The van der Waals surface area contributed by atoms with Gasteiger partial charge in [-0.1, -0.05) is 25.1 Å². The van der Waals surface area contributed by atoms with Gasteiger partial charge in [0.05, 0.1) is 5.71 Å². The summed E-state index contributed by atoms with van der Waals surface area (Å²) in [5, 5.41) is 4.09. The number of rotatable bonds is 4. The predicted octanol–water partition coefficient (Wildman–Crippen LogP) is 2.80. The van der Waals surface area contributed by atoms with Crippen LogP contribution in [0.3, 0.4) is 0 Å². The first-order valence-electron chi connectivity index (χ1n) is 6.54. The number of hydrazone groups is 1. The van der Waals surface area contributed by atoms with Crippen LogP contribution in [-0.2, 0) is 6.42 Å². The fraction of sp³-hybridized carbons (Fsp3) is 0.188. The summed E-state index contributed by atoms with van der Waals surface area (Å²) in [5.41, 5.74) is 5.97. The molecule has 102 valence electrons. The number of carbonyl (C=O) groups is 1. The average Bonchev–Trinajstić information content (AvgIpc) is 2.53. The van der Waals surface area contributed by atoms with Crippen molar-refractivity contribution in [3.63, 3.8) is 0 Å². The standard InChI is InChI=1S/C16H17N3O/c1-3-13-6-8-14(9-7-13)16(20)19-18-12(2)15-5-4-10-17-11-15/h4-11H,3H2,1-2H3,(H,19,20)/b18-12-. The third-order valence-corrected chi connectivity index (χ3v) is 3.03. The minimum absolute atomic E-state index is 0.212. The van der Waals surface area contributed by atoms with E-state index in [0.717, 1.165) is 17.7 Å². The number of hydrogen-bond acceptors (Lipinski definition) is 3. The van der Waals surface area contributed by atoms with Crippen LogP contribution in [0.4, 0.5) is 0 Å². The molecule has 1 N–H and O–H groups in total. The van der Waals surface area contributed by atoms with Crippen molar-refractivity contribution in [2.45, 2.75) is 20.3 Å². The molecule has 1 amide bonds. The number of pyridine rings is 1.